The Bertz CT molecular complexity index is 1030. The number of aliphatic hydroxyl groups excluding tert-OH is 4. The van der Waals surface area contributed by atoms with Gasteiger partial charge < -0.3 is 44.8 Å². The maximum atomic E-state index is 12.1. The largest absolute Gasteiger partial charge is 0.462 e. The third-order valence-corrected chi connectivity index (χ3v) is 8.91. The van der Waals surface area contributed by atoms with Crippen LogP contribution in [0.3, 0.4) is 0 Å². The van der Waals surface area contributed by atoms with Crippen LogP contribution in [0.1, 0.15) is 76.2 Å². The maximum Gasteiger partial charge on any atom is 0.232 e. The molecular weight excluding hydrogens is 528 g/mol. The standard InChI is InChI=1S/C32H46O9/c1-2-8-22-11-13-24(14-12-22)40-30-32(38)21-23(15-18-31(37)16-4-3-5-17-31)25(34)9-7-20-39-26(10-6-19-33)28(41-30)27(35)29(32)36/h2,11-14,23,25-30,33-38H,1,3-6,8-10,15-19,21H2. The second kappa shape index (κ2) is 14.3. The minimum atomic E-state index is -2.11. The molecule has 5 rings (SSSR count). The minimum Gasteiger partial charge on any atom is -0.462 e. The molecule has 4 aliphatic rings. The summed E-state index contributed by atoms with van der Waals surface area (Å²) in [4.78, 5) is 0. The van der Waals surface area contributed by atoms with Gasteiger partial charge in [-0.2, -0.15) is 0 Å². The van der Waals surface area contributed by atoms with Crippen LogP contribution in [0.25, 0.3) is 0 Å². The number of aliphatic hydroxyl groups is 6. The third-order valence-electron chi connectivity index (χ3n) is 8.91. The summed E-state index contributed by atoms with van der Waals surface area (Å²) in [5, 5.41) is 66.5. The number of rotatable bonds is 10. The van der Waals surface area contributed by atoms with Gasteiger partial charge in [0.15, 0.2) is 5.60 Å². The van der Waals surface area contributed by atoms with Crippen LogP contribution in [0.5, 0.6) is 5.75 Å². The molecular formula is C32H46O9. The molecule has 1 saturated carbocycles. The van der Waals surface area contributed by atoms with Crippen molar-refractivity contribution in [2.24, 2.45) is 5.92 Å². The van der Waals surface area contributed by atoms with E-state index < -0.39 is 53.9 Å². The van der Waals surface area contributed by atoms with Gasteiger partial charge >= 0.3 is 0 Å². The Balaban J connectivity index is 1.66. The summed E-state index contributed by atoms with van der Waals surface area (Å²) in [6, 6.07) is 7.18. The number of ether oxygens (including phenoxy) is 3. The first kappa shape index (κ1) is 31.8. The van der Waals surface area contributed by atoms with E-state index in [4.69, 9.17) is 14.2 Å². The van der Waals surface area contributed by atoms with Gasteiger partial charge in [-0.15, -0.1) is 6.58 Å². The molecule has 0 radical (unpaired) electrons. The Kier molecular flexibility index (Phi) is 11.1. The lowest BCUT2D eigenvalue weighted by atomic mass is 9.73. The molecule has 1 aliphatic carbocycles. The van der Waals surface area contributed by atoms with Crippen molar-refractivity contribution in [3.63, 3.8) is 0 Å². The molecule has 1 saturated heterocycles. The van der Waals surface area contributed by atoms with Crippen molar-refractivity contribution in [2.75, 3.05) is 6.61 Å². The summed E-state index contributed by atoms with van der Waals surface area (Å²) in [7, 11) is 0. The zero-order valence-corrected chi connectivity index (χ0v) is 23.7. The summed E-state index contributed by atoms with van der Waals surface area (Å²) in [5.74, 6) is 2.63. The normalized spacial score (nSPS) is 35.2. The molecule has 8 unspecified atom stereocenters. The highest BCUT2D eigenvalue weighted by Gasteiger charge is 2.59. The average molecular weight is 575 g/mol. The highest BCUT2D eigenvalue weighted by molar-refractivity contribution is 5.29. The van der Waals surface area contributed by atoms with Crippen molar-refractivity contribution in [2.45, 2.75) is 125 Å². The Hall–Kier alpha value is -2.16. The average Bonchev–Trinajstić information content (AvgIpc) is 2.96. The van der Waals surface area contributed by atoms with Crippen molar-refractivity contribution in [3.8, 4) is 17.8 Å². The summed E-state index contributed by atoms with van der Waals surface area (Å²) in [6.45, 7) is 3.64. The molecule has 0 amide bonds. The Morgan fingerprint density at radius 2 is 1.78 bits per heavy atom. The van der Waals surface area contributed by atoms with E-state index in [1.165, 1.54) is 0 Å². The van der Waals surface area contributed by atoms with Crippen molar-refractivity contribution in [1.82, 2.24) is 0 Å². The lowest BCUT2D eigenvalue weighted by molar-refractivity contribution is -0.333. The molecule has 2 bridgehead atoms. The SMILES string of the molecule is C=CCc1ccc(OC2OC3C(CCCO)OC#CCC(O)C(CCC4(O)CCCCC4)CC2(O)C(O)C3O)cc1. The molecule has 1 aromatic carbocycles. The Labute approximate surface area is 242 Å². The van der Waals surface area contributed by atoms with Crippen LogP contribution in [0.4, 0.5) is 0 Å². The van der Waals surface area contributed by atoms with Crippen molar-refractivity contribution in [1.29, 1.82) is 0 Å². The first-order valence-corrected chi connectivity index (χ1v) is 14.9. The van der Waals surface area contributed by atoms with Gasteiger partial charge in [-0.05, 0) is 75.0 Å². The lowest BCUT2D eigenvalue weighted by Crippen LogP contribution is -2.70. The summed E-state index contributed by atoms with van der Waals surface area (Å²) < 4.78 is 18.1. The number of benzene rings is 1. The third kappa shape index (κ3) is 7.82. The van der Waals surface area contributed by atoms with Crippen molar-refractivity contribution >= 4 is 0 Å². The van der Waals surface area contributed by atoms with Gasteiger partial charge in [0.2, 0.25) is 6.29 Å². The van der Waals surface area contributed by atoms with E-state index in [1.54, 1.807) is 18.2 Å². The first-order valence-electron chi connectivity index (χ1n) is 14.9. The molecule has 41 heavy (non-hydrogen) atoms. The van der Waals surface area contributed by atoms with Crippen LogP contribution in [0.2, 0.25) is 0 Å². The van der Waals surface area contributed by atoms with E-state index in [1.807, 2.05) is 12.1 Å². The molecule has 9 nitrogen and oxygen atoms in total. The molecule has 3 heterocycles. The van der Waals surface area contributed by atoms with E-state index in [9.17, 15) is 30.6 Å². The molecule has 1 aromatic rings. The predicted molar refractivity (Wildman–Crippen MR) is 152 cm³/mol. The Morgan fingerprint density at radius 1 is 1.05 bits per heavy atom. The van der Waals surface area contributed by atoms with Crippen LogP contribution < -0.4 is 4.74 Å². The summed E-state index contributed by atoms with van der Waals surface area (Å²) >= 11 is 0. The highest BCUT2D eigenvalue weighted by Crippen LogP contribution is 2.42. The van der Waals surface area contributed by atoms with Crippen molar-refractivity contribution in [3.05, 3.63) is 42.5 Å². The van der Waals surface area contributed by atoms with Crippen LogP contribution in [0.15, 0.2) is 36.9 Å². The molecule has 8 atom stereocenters. The molecule has 0 spiro atoms. The van der Waals surface area contributed by atoms with Crippen LogP contribution in [-0.2, 0) is 15.9 Å². The smallest absolute Gasteiger partial charge is 0.232 e. The number of fused-ring (bicyclic) bond motifs is 8. The molecule has 3 aliphatic heterocycles. The lowest BCUT2D eigenvalue weighted by Gasteiger charge is -2.50. The predicted octanol–water partition coefficient (Wildman–Crippen LogP) is 2.34. The maximum absolute atomic E-state index is 12.1. The van der Waals surface area contributed by atoms with E-state index in [-0.39, 0.29) is 25.9 Å². The summed E-state index contributed by atoms with van der Waals surface area (Å²) in [5.41, 5.74) is -1.93. The quantitative estimate of drug-likeness (QED) is 0.183. The molecule has 2 fully saturated rings. The van der Waals surface area contributed by atoms with Crippen molar-refractivity contribution < 1.29 is 44.8 Å². The topological polar surface area (TPSA) is 149 Å². The highest BCUT2D eigenvalue weighted by atomic mass is 16.7. The number of allylic oxidation sites excluding steroid dienone is 1. The van der Waals surface area contributed by atoms with Crippen LogP contribution in [-0.4, -0.2) is 85.3 Å². The van der Waals surface area contributed by atoms with E-state index in [0.29, 0.717) is 44.3 Å². The van der Waals surface area contributed by atoms with Gasteiger partial charge in [-0.3, -0.25) is 0 Å². The van der Waals surface area contributed by atoms with Gasteiger partial charge in [0, 0.05) is 13.0 Å². The summed E-state index contributed by atoms with van der Waals surface area (Å²) in [6.07, 6.45) is 3.09. The van der Waals surface area contributed by atoms with E-state index in [2.05, 4.69) is 18.6 Å². The molecule has 228 valence electrons. The number of hydrogen-bond acceptors (Lipinski definition) is 9. The fourth-order valence-corrected chi connectivity index (χ4v) is 6.38. The zero-order valence-electron chi connectivity index (χ0n) is 23.7. The fraction of sp³-hybridized carbons (Fsp3) is 0.688. The molecule has 6 N–H and O–H groups in total. The fourth-order valence-electron chi connectivity index (χ4n) is 6.38. The van der Waals surface area contributed by atoms with Gasteiger partial charge in [0.1, 0.15) is 36.3 Å². The Morgan fingerprint density at radius 3 is 2.46 bits per heavy atom. The molecule has 0 aromatic heterocycles. The molecule has 9 heteroatoms. The van der Waals surface area contributed by atoms with Gasteiger partial charge in [0.25, 0.3) is 0 Å². The van der Waals surface area contributed by atoms with Gasteiger partial charge in [0.05, 0.1) is 11.7 Å². The second-order valence-electron chi connectivity index (χ2n) is 12.0. The second-order valence-corrected chi connectivity index (χ2v) is 12.0. The van der Waals surface area contributed by atoms with E-state index in [0.717, 1.165) is 24.8 Å². The van der Waals surface area contributed by atoms with Crippen LogP contribution >= 0.6 is 0 Å². The monoisotopic (exact) mass is 574 g/mol. The first-order chi connectivity index (χ1) is 19.7. The van der Waals surface area contributed by atoms with Gasteiger partial charge in [-0.25, -0.2) is 0 Å². The minimum absolute atomic E-state index is 0.0619. The number of hydrogen-bond donors (Lipinski definition) is 6. The van der Waals surface area contributed by atoms with Gasteiger partial charge in [-0.1, -0.05) is 43.4 Å². The van der Waals surface area contributed by atoms with Crippen LogP contribution in [0, 0.1) is 17.9 Å². The van der Waals surface area contributed by atoms with E-state index >= 15 is 0 Å². The zero-order chi connectivity index (χ0) is 29.5.